The molecule has 0 aromatic carbocycles. The number of hydrogen-bond acceptors (Lipinski definition) is 5. The minimum absolute atomic E-state index is 0.211. The molecule has 1 aromatic heterocycles. The van der Waals surface area contributed by atoms with Crippen LogP contribution in [-0.2, 0) is 4.79 Å². The van der Waals surface area contributed by atoms with Crippen LogP contribution in [0.15, 0.2) is 6.33 Å². The molecule has 0 radical (unpaired) electrons. The van der Waals surface area contributed by atoms with E-state index in [1.807, 2.05) is 4.90 Å². The lowest BCUT2D eigenvalue weighted by Crippen LogP contribution is -2.35. The zero-order chi connectivity index (χ0) is 15.5. The van der Waals surface area contributed by atoms with Gasteiger partial charge in [0.2, 0.25) is 5.91 Å². The molecule has 3 rings (SSSR count). The molecule has 0 spiro atoms. The number of anilines is 2. The third-order valence-corrected chi connectivity index (χ3v) is 4.88. The molecular weight excluding hydrogens is 302 g/mol. The predicted octanol–water partition coefficient (Wildman–Crippen LogP) is 2.37. The Bertz CT molecular complexity index is 547. The molecule has 2 aliphatic rings. The Morgan fingerprint density at radius 3 is 2.82 bits per heavy atom. The van der Waals surface area contributed by atoms with Gasteiger partial charge in [-0.05, 0) is 19.3 Å². The van der Waals surface area contributed by atoms with E-state index in [9.17, 15) is 4.79 Å². The Hall–Kier alpha value is -1.56. The Kier molecular flexibility index (Phi) is 4.66. The first-order valence-electron chi connectivity index (χ1n) is 7.92. The van der Waals surface area contributed by atoms with Gasteiger partial charge in [0.05, 0.1) is 0 Å². The van der Waals surface area contributed by atoms with E-state index in [1.165, 1.54) is 19.2 Å². The molecule has 1 aromatic rings. The number of hydrogen-bond donors (Lipinski definition) is 2. The third kappa shape index (κ3) is 3.11. The maximum Gasteiger partial charge on any atom is 0.225 e. The quantitative estimate of drug-likeness (QED) is 0.832. The molecule has 1 atom stereocenters. The van der Waals surface area contributed by atoms with E-state index in [1.54, 1.807) is 7.05 Å². The molecule has 6 nitrogen and oxygen atoms in total. The van der Waals surface area contributed by atoms with Crippen LogP contribution in [0.2, 0.25) is 5.15 Å². The van der Waals surface area contributed by atoms with E-state index in [-0.39, 0.29) is 12.0 Å². The van der Waals surface area contributed by atoms with Crippen LogP contribution in [0.3, 0.4) is 0 Å². The number of carbonyl (C=O) groups is 1. The van der Waals surface area contributed by atoms with E-state index in [2.05, 4.69) is 20.6 Å². The molecule has 1 saturated carbocycles. The zero-order valence-corrected chi connectivity index (χ0v) is 13.6. The highest BCUT2D eigenvalue weighted by molar-refractivity contribution is 6.32. The Labute approximate surface area is 135 Å². The summed E-state index contributed by atoms with van der Waals surface area (Å²) in [5.41, 5.74) is 0.699. The Morgan fingerprint density at radius 1 is 1.32 bits per heavy atom. The van der Waals surface area contributed by atoms with Crippen molar-refractivity contribution in [1.82, 2.24) is 14.9 Å². The maximum absolute atomic E-state index is 12.5. The standard InChI is InChI=1S/C15H22ClN5O/c1-17-12-13(16)18-9-19-14(12)20-11-6-7-21(8-11)15(22)10-4-2-3-5-10/h9-11,17H,2-8H2,1H3,(H,18,19,20). The van der Waals surface area contributed by atoms with E-state index < -0.39 is 0 Å². The summed E-state index contributed by atoms with van der Waals surface area (Å²) in [5.74, 6) is 1.28. The summed E-state index contributed by atoms with van der Waals surface area (Å²) in [6.45, 7) is 1.56. The highest BCUT2D eigenvalue weighted by atomic mass is 35.5. The van der Waals surface area contributed by atoms with Gasteiger partial charge < -0.3 is 15.5 Å². The van der Waals surface area contributed by atoms with E-state index in [0.717, 1.165) is 32.4 Å². The van der Waals surface area contributed by atoms with Crippen molar-refractivity contribution < 1.29 is 4.79 Å². The highest BCUT2D eigenvalue weighted by Crippen LogP contribution is 2.30. The monoisotopic (exact) mass is 323 g/mol. The fraction of sp³-hybridized carbons (Fsp3) is 0.667. The number of likely N-dealkylation sites (tertiary alicyclic amines) is 1. The van der Waals surface area contributed by atoms with Gasteiger partial charge in [0, 0.05) is 32.1 Å². The van der Waals surface area contributed by atoms with Gasteiger partial charge in [-0.25, -0.2) is 9.97 Å². The smallest absolute Gasteiger partial charge is 0.225 e. The zero-order valence-electron chi connectivity index (χ0n) is 12.8. The van der Waals surface area contributed by atoms with Gasteiger partial charge in [-0.15, -0.1) is 0 Å². The summed E-state index contributed by atoms with van der Waals surface area (Å²) in [5, 5.41) is 6.80. The first-order valence-corrected chi connectivity index (χ1v) is 8.30. The number of rotatable bonds is 4. The average molecular weight is 324 g/mol. The Balaban J connectivity index is 1.61. The Morgan fingerprint density at radius 2 is 2.09 bits per heavy atom. The number of nitrogens with one attached hydrogen (secondary N) is 2. The molecule has 22 heavy (non-hydrogen) atoms. The van der Waals surface area contributed by atoms with Crippen LogP contribution in [0.25, 0.3) is 0 Å². The second kappa shape index (κ2) is 6.69. The minimum Gasteiger partial charge on any atom is -0.383 e. The molecule has 1 saturated heterocycles. The molecule has 2 fully saturated rings. The fourth-order valence-corrected chi connectivity index (χ4v) is 3.63. The van der Waals surface area contributed by atoms with Crippen molar-refractivity contribution >= 4 is 29.0 Å². The van der Waals surface area contributed by atoms with Crippen molar-refractivity contribution in [2.45, 2.75) is 38.1 Å². The van der Waals surface area contributed by atoms with Gasteiger partial charge in [-0.2, -0.15) is 0 Å². The molecule has 2 heterocycles. The first kappa shape index (κ1) is 15.3. The second-order valence-electron chi connectivity index (χ2n) is 6.03. The van der Waals surface area contributed by atoms with Crippen molar-refractivity contribution in [3.63, 3.8) is 0 Å². The minimum atomic E-state index is 0.211. The lowest BCUT2D eigenvalue weighted by atomic mass is 10.1. The number of aromatic nitrogens is 2. The highest BCUT2D eigenvalue weighted by Gasteiger charge is 2.32. The van der Waals surface area contributed by atoms with Gasteiger partial charge >= 0.3 is 0 Å². The molecule has 120 valence electrons. The summed E-state index contributed by atoms with van der Waals surface area (Å²) < 4.78 is 0. The summed E-state index contributed by atoms with van der Waals surface area (Å²) >= 11 is 6.06. The molecule has 1 unspecified atom stereocenters. The van der Waals surface area contributed by atoms with Crippen molar-refractivity contribution in [1.29, 1.82) is 0 Å². The van der Waals surface area contributed by atoms with Crippen LogP contribution < -0.4 is 10.6 Å². The summed E-state index contributed by atoms with van der Waals surface area (Å²) in [7, 11) is 1.79. The lowest BCUT2D eigenvalue weighted by molar-refractivity contribution is -0.134. The molecule has 0 bridgehead atoms. The van der Waals surface area contributed by atoms with E-state index >= 15 is 0 Å². The molecule has 1 aliphatic carbocycles. The fourth-order valence-electron chi connectivity index (χ4n) is 3.40. The van der Waals surface area contributed by atoms with Crippen molar-refractivity contribution in [2.75, 3.05) is 30.8 Å². The van der Waals surface area contributed by atoms with Crippen LogP contribution in [0, 0.1) is 5.92 Å². The van der Waals surface area contributed by atoms with Gasteiger partial charge in [-0.3, -0.25) is 4.79 Å². The van der Waals surface area contributed by atoms with Crippen LogP contribution in [0.4, 0.5) is 11.5 Å². The van der Waals surface area contributed by atoms with E-state index in [0.29, 0.717) is 22.6 Å². The summed E-state index contributed by atoms with van der Waals surface area (Å²) in [4.78, 5) is 22.7. The molecular formula is C15H22ClN5O. The van der Waals surface area contributed by atoms with Gasteiger partial charge in [0.15, 0.2) is 11.0 Å². The van der Waals surface area contributed by atoms with Crippen molar-refractivity contribution in [2.24, 2.45) is 5.92 Å². The maximum atomic E-state index is 12.5. The predicted molar refractivity (Wildman–Crippen MR) is 87.2 cm³/mol. The normalized spacial score (nSPS) is 22.1. The van der Waals surface area contributed by atoms with E-state index in [4.69, 9.17) is 11.6 Å². The number of amides is 1. The first-order chi connectivity index (χ1) is 10.7. The largest absolute Gasteiger partial charge is 0.383 e. The lowest BCUT2D eigenvalue weighted by Gasteiger charge is -2.21. The van der Waals surface area contributed by atoms with Crippen LogP contribution >= 0.6 is 11.6 Å². The second-order valence-corrected chi connectivity index (χ2v) is 6.39. The van der Waals surface area contributed by atoms with Crippen LogP contribution in [-0.4, -0.2) is 47.0 Å². The van der Waals surface area contributed by atoms with Crippen LogP contribution in [0.1, 0.15) is 32.1 Å². The molecule has 7 heteroatoms. The summed E-state index contributed by atoms with van der Waals surface area (Å²) in [6.07, 6.45) is 6.87. The average Bonchev–Trinajstić information content (AvgIpc) is 3.18. The molecule has 1 amide bonds. The van der Waals surface area contributed by atoms with Gasteiger partial charge in [-0.1, -0.05) is 24.4 Å². The molecule has 1 aliphatic heterocycles. The summed E-state index contributed by atoms with van der Waals surface area (Å²) in [6, 6.07) is 0.211. The number of nitrogens with zero attached hydrogens (tertiary/aromatic N) is 3. The SMILES string of the molecule is CNc1c(Cl)ncnc1NC1CCN(C(=O)C2CCCC2)C1. The number of carbonyl (C=O) groups excluding carboxylic acids is 1. The van der Waals surface area contributed by atoms with Crippen molar-refractivity contribution in [3.05, 3.63) is 11.5 Å². The van der Waals surface area contributed by atoms with Crippen LogP contribution in [0.5, 0.6) is 0 Å². The van der Waals surface area contributed by atoms with Gasteiger partial charge in [0.1, 0.15) is 12.0 Å². The van der Waals surface area contributed by atoms with Crippen molar-refractivity contribution in [3.8, 4) is 0 Å². The third-order valence-electron chi connectivity index (χ3n) is 4.60. The number of halogens is 1. The topological polar surface area (TPSA) is 70.2 Å². The molecule has 2 N–H and O–H groups in total. The van der Waals surface area contributed by atoms with Gasteiger partial charge in [0.25, 0.3) is 0 Å².